The zero-order chi connectivity index (χ0) is 10.6. The maximum atomic E-state index is 11.1. The fourth-order valence-electron chi connectivity index (χ4n) is 0.968. The monoisotopic (exact) mass is 211 g/mol. The number of hydrogen-bond donors (Lipinski definition) is 2. The van der Waals surface area contributed by atoms with Crippen molar-refractivity contribution in [2.75, 3.05) is 0 Å². The van der Waals surface area contributed by atoms with E-state index in [1.807, 2.05) is 12.3 Å². The molecule has 0 saturated heterocycles. The molecule has 0 aromatic carbocycles. The van der Waals surface area contributed by atoms with E-state index in [1.165, 1.54) is 11.3 Å². The standard InChI is InChI=1S/C7H9N5OS/c1-4-5(3-10-12-9)2-6(14-4)7(13)11-8/h2H,3,8H2,1H3,(H,11,13). The van der Waals surface area contributed by atoms with Crippen molar-refractivity contribution in [3.63, 3.8) is 0 Å². The number of carbonyl (C=O) groups is 1. The van der Waals surface area contributed by atoms with E-state index in [4.69, 9.17) is 11.4 Å². The molecule has 1 amide bonds. The van der Waals surface area contributed by atoms with Gasteiger partial charge in [-0.2, -0.15) is 0 Å². The normalized spacial score (nSPS) is 9.29. The van der Waals surface area contributed by atoms with Gasteiger partial charge in [-0.3, -0.25) is 10.2 Å². The second kappa shape index (κ2) is 4.61. The van der Waals surface area contributed by atoms with Gasteiger partial charge < -0.3 is 0 Å². The van der Waals surface area contributed by atoms with Crippen molar-refractivity contribution >= 4 is 17.2 Å². The number of carbonyl (C=O) groups excluding carboxylic acids is 1. The highest BCUT2D eigenvalue weighted by Crippen LogP contribution is 2.22. The molecule has 0 unspecified atom stereocenters. The molecule has 0 aliphatic heterocycles. The molecule has 7 heteroatoms. The first-order valence-corrected chi connectivity index (χ1v) is 4.61. The molecule has 6 nitrogen and oxygen atoms in total. The number of thiophene rings is 1. The van der Waals surface area contributed by atoms with Crippen molar-refractivity contribution in [2.45, 2.75) is 13.5 Å². The van der Waals surface area contributed by atoms with E-state index in [2.05, 4.69) is 10.0 Å². The Kier molecular flexibility index (Phi) is 3.47. The lowest BCUT2D eigenvalue weighted by Crippen LogP contribution is -2.29. The minimum Gasteiger partial charge on any atom is -0.289 e. The minimum atomic E-state index is -0.328. The van der Waals surface area contributed by atoms with Gasteiger partial charge in [0, 0.05) is 9.79 Å². The molecule has 1 aromatic heterocycles. The van der Waals surface area contributed by atoms with Gasteiger partial charge in [0.05, 0.1) is 11.4 Å². The smallest absolute Gasteiger partial charge is 0.275 e. The van der Waals surface area contributed by atoms with Crippen LogP contribution < -0.4 is 11.3 Å². The summed E-state index contributed by atoms with van der Waals surface area (Å²) in [5, 5.41) is 3.43. The Bertz CT molecular complexity index is 393. The Morgan fingerprint density at radius 3 is 3.14 bits per heavy atom. The van der Waals surface area contributed by atoms with Crippen LogP contribution in [0.5, 0.6) is 0 Å². The molecular formula is C7H9N5OS. The highest BCUT2D eigenvalue weighted by atomic mass is 32.1. The van der Waals surface area contributed by atoms with Gasteiger partial charge >= 0.3 is 0 Å². The Morgan fingerprint density at radius 2 is 2.57 bits per heavy atom. The van der Waals surface area contributed by atoms with Crippen molar-refractivity contribution in [3.8, 4) is 0 Å². The van der Waals surface area contributed by atoms with E-state index >= 15 is 0 Å². The molecule has 0 saturated carbocycles. The number of aryl methyl sites for hydroxylation is 1. The fourth-order valence-corrected chi connectivity index (χ4v) is 1.90. The second-order valence-corrected chi connectivity index (χ2v) is 3.81. The number of hydrazine groups is 1. The third kappa shape index (κ3) is 2.23. The maximum Gasteiger partial charge on any atom is 0.275 e. The van der Waals surface area contributed by atoms with E-state index in [-0.39, 0.29) is 12.5 Å². The van der Waals surface area contributed by atoms with Crippen LogP contribution >= 0.6 is 11.3 Å². The summed E-state index contributed by atoms with van der Waals surface area (Å²) in [5.41, 5.74) is 11.0. The lowest BCUT2D eigenvalue weighted by molar-refractivity contribution is 0.0957. The Hall–Kier alpha value is -1.56. The van der Waals surface area contributed by atoms with Gasteiger partial charge in [0.25, 0.3) is 5.91 Å². The molecule has 0 radical (unpaired) electrons. The Labute approximate surface area is 84.3 Å². The first kappa shape index (κ1) is 10.5. The molecule has 3 N–H and O–H groups in total. The van der Waals surface area contributed by atoms with Crippen molar-refractivity contribution in [3.05, 3.63) is 31.8 Å². The Morgan fingerprint density at radius 1 is 1.86 bits per heavy atom. The SMILES string of the molecule is Cc1sc(C(=O)NN)cc1CN=[N+]=[N-]. The number of rotatable bonds is 3. The average molecular weight is 211 g/mol. The molecule has 0 fully saturated rings. The van der Waals surface area contributed by atoms with Crippen LogP contribution in [0.15, 0.2) is 11.2 Å². The summed E-state index contributed by atoms with van der Waals surface area (Å²) in [7, 11) is 0. The van der Waals surface area contributed by atoms with Crippen LogP contribution in [0.2, 0.25) is 0 Å². The fraction of sp³-hybridized carbons (Fsp3) is 0.286. The summed E-state index contributed by atoms with van der Waals surface area (Å²) in [6, 6.07) is 1.68. The molecule has 0 bridgehead atoms. The molecule has 1 heterocycles. The average Bonchev–Trinajstić information content (AvgIpc) is 2.56. The van der Waals surface area contributed by atoms with Crippen LogP contribution in [0.3, 0.4) is 0 Å². The molecule has 74 valence electrons. The molecular weight excluding hydrogens is 202 g/mol. The van der Waals surface area contributed by atoms with Crippen LogP contribution in [-0.2, 0) is 6.54 Å². The van der Waals surface area contributed by atoms with Gasteiger partial charge in [0.1, 0.15) is 0 Å². The summed E-state index contributed by atoms with van der Waals surface area (Å²) in [6.07, 6.45) is 0. The number of hydrogen-bond acceptors (Lipinski definition) is 4. The van der Waals surface area contributed by atoms with Gasteiger partial charge in [-0.05, 0) is 24.1 Å². The van der Waals surface area contributed by atoms with Gasteiger partial charge in [0.2, 0.25) is 0 Å². The largest absolute Gasteiger partial charge is 0.289 e. The highest BCUT2D eigenvalue weighted by molar-refractivity contribution is 7.14. The van der Waals surface area contributed by atoms with Gasteiger partial charge in [-0.15, -0.1) is 11.3 Å². The lowest BCUT2D eigenvalue weighted by Gasteiger charge is -1.91. The molecule has 0 spiro atoms. The third-order valence-corrected chi connectivity index (χ3v) is 2.77. The van der Waals surface area contributed by atoms with Crippen LogP contribution in [0, 0.1) is 6.92 Å². The molecule has 0 atom stereocenters. The zero-order valence-electron chi connectivity index (χ0n) is 7.52. The van der Waals surface area contributed by atoms with Crippen LogP contribution in [0.1, 0.15) is 20.1 Å². The van der Waals surface area contributed by atoms with E-state index in [0.717, 1.165) is 10.4 Å². The topological polar surface area (TPSA) is 104 Å². The summed E-state index contributed by atoms with van der Waals surface area (Å²) in [6.45, 7) is 2.12. The van der Waals surface area contributed by atoms with Crippen molar-refractivity contribution in [2.24, 2.45) is 11.0 Å². The number of azide groups is 1. The van der Waals surface area contributed by atoms with Gasteiger partial charge in [0.15, 0.2) is 0 Å². The predicted octanol–water partition coefficient (Wildman–Crippen LogP) is 1.47. The molecule has 1 rings (SSSR count). The second-order valence-electron chi connectivity index (χ2n) is 2.55. The Balaban J connectivity index is 2.92. The summed E-state index contributed by atoms with van der Waals surface area (Å²) in [4.78, 5) is 15.3. The summed E-state index contributed by atoms with van der Waals surface area (Å²) < 4.78 is 0. The number of nitrogens with zero attached hydrogens (tertiary/aromatic N) is 3. The van der Waals surface area contributed by atoms with Gasteiger partial charge in [-0.1, -0.05) is 5.11 Å². The van der Waals surface area contributed by atoms with Crippen molar-refractivity contribution in [1.29, 1.82) is 0 Å². The quantitative estimate of drug-likeness (QED) is 0.197. The lowest BCUT2D eigenvalue weighted by atomic mass is 10.2. The van der Waals surface area contributed by atoms with E-state index < -0.39 is 0 Å². The van der Waals surface area contributed by atoms with E-state index in [1.54, 1.807) is 6.07 Å². The number of amides is 1. The summed E-state index contributed by atoms with van der Waals surface area (Å²) in [5.74, 6) is 4.66. The van der Waals surface area contributed by atoms with Crippen LogP contribution in [0.25, 0.3) is 10.4 Å². The van der Waals surface area contributed by atoms with Crippen molar-refractivity contribution < 1.29 is 4.79 Å². The van der Waals surface area contributed by atoms with Crippen LogP contribution in [-0.4, -0.2) is 5.91 Å². The minimum absolute atomic E-state index is 0.261. The first-order chi connectivity index (χ1) is 6.69. The van der Waals surface area contributed by atoms with E-state index in [0.29, 0.717) is 4.88 Å². The summed E-state index contributed by atoms with van der Waals surface area (Å²) >= 11 is 1.32. The predicted molar refractivity (Wildman–Crippen MR) is 53.6 cm³/mol. The third-order valence-electron chi connectivity index (χ3n) is 1.68. The number of nitrogens with one attached hydrogen (secondary N) is 1. The van der Waals surface area contributed by atoms with Gasteiger partial charge in [-0.25, -0.2) is 5.84 Å². The first-order valence-electron chi connectivity index (χ1n) is 3.80. The van der Waals surface area contributed by atoms with Crippen molar-refractivity contribution in [1.82, 2.24) is 5.43 Å². The van der Waals surface area contributed by atoms with E-state index in [9.17, 15) is 4.79 Å². The number of nitrogens with two attached hydrogens (primary N) is 1. The molecule has 14 heavy (non-hydrogen) atoms. The molecule has 0 aliphatic rings. The molecule has 1 aromatic rings. The zero-order valence-corrected chi connectivity index (χ0v) is 8.34. The molecule has 0 aliphatic carbocycles. The van der Waals surface area contributed by atoms with Crippen LogP contribution in [0.4, 0.5) is 0 Å². The maximum absolute atomic E-state index is 11.1. The highest BCUT2D eigenvalue weighted by Gasteiger charge is 2.10. The number of nitrogen functional groups attached to an aromatic ring is 1.